The Kier molecular flexibility index (Phi) is 3.67. The molecule has 1 saturated heterocycles. The molecule has 0 unspecified atom stereocenters. The van der Waals surface area contributed by atoms with Crippen molar-refractivity contribution in [2.24, 2.45) is 0 Å². The Hall–Kier alpha value is -2.64. The van der Waals surface area contributed by atoms with Gasteiger partial charge in [0.05, 0.1) is 13.1 Å². The Morgan fingerprint density at radius 1 is 0.621 bits per heavy atom. The standard InChI is InChI=1S/C28H28N/c1-19-15-21-9-3-5-11-23(21)27-25(19)17-29(13-7-8-14-29)18-26-20(2)16-22-10-4-6-12-24(22)28(26)27/h3-6,9-12,15-16H,7-8,13-14,17-18H2,1-2H3/q+1. The maximum Gasteiger partial charge on any atom is 0.106 e. The van der Waals surface area contributed by atoms with Crippen LogP contribution in [0.25, 0.3) is 32.7 Å². The number of fused-ring (bicyclic) bond motifs is 7. The molecule has 0 N–H and O–H groups in total. The van der Waals surface area contributed by atoms with Gasteiger partial charge in [0, 0.05) is 24.0 Å². The number of hydrogen-bond donors (Lipinski definition) is 0. The molecule has 0 atom stereocenters. The van der Waals surface area contributed by atoms with E-state index in [0.717, 1.165) is 0 Å². The van der Waals surface area contributed by atoms with E-state index < -0.39 is 0 Å². The summed E-state index contributed by atoms with van der Waals surface area (Å²) in [6.45, 7) is 9.65. The summed E-state index contributed by atoms with van der Waals surface area (Å²) < 4.78 is 1.23. The quantitative estimate of drug-likeness (QED) is 0.292. The third-order valence-corrected chi connectivity index (χ3v) is 7.51. The monoisotopic (exact) mass is 378 g/mol. The molecular formula is C28H28N+. The Balaban J connectivity index is 1.83. The van der Waals surface area contributed by atoms with E-state index in [2.05, 4.69) is 74.5 Å². The molecule has 2 heterocycles. The molecule has 0 aliphatic carbocycles. The molecular weight excluding hydrogens is 350 g/mol. The first kappa shape index (κ1) is 17.2. The van der Waals surface area contributed by atoms with E-state index in [4.69, 9.17) is 0 Å². The van der Waals surface area contributed by atoms with E-state index in [1.807, 2.05) is 0 Å². The predicted octanol–water partition coefficient (Wildman–Crippen LogP) is 6.90. The number of hydrogen-bond acceptors (Lipinski definition) is 0. The number of quaternary nitrogens is 1. The molecule has 4 aromatic rings. The van der Waals surface area contributed by atoms with Crippen molar-refractivity contribution in [3.63, 3.8) is 0 Å². The van der Waals surface area contributed by atoms with E-state index in [0.29, 0.717) is 0 Å². The second-order valence-corrected chi connectivity index (χ2v) is 9.35. The number of aryl methyl sites for hydroxylation is 2. The molecule has 0 aromatic heterocycles. The zero-order valence-corrected chi connectivity index (χ0v) is 17.5. The van der Waals surface area contributed by atoms with Gasteiger partial charge in [-0.15, -0.1) is 0 Å². The highest BCUT2D eigenvalue weighted by Gasteiger charge is 2.38. The SMILES string of the molecule is Cc1cc2ccccc2c2c1C[N+]1(CCCC1)Cc1c(C)cc3ccccc3c1-2. The highest BCUT2D eigenvalue weighted by atomic mass is 15.4. The molecule has 0 bridgehead atoms. The van der Waals surface area contributed by atoms with Gasteiger partial charge in [-0.2, -0.15) is 0 Å². The summed E-state index contributed by atoms with van der Waals surface area (Å²) in [7, 11) is 0. The van der Waals surface area contributed by atoms with Crippen molar-refractivity contribution < 1.29 is 4.48 Å². The van der Waals surface area contributed by atoms with Gasteiger partial charge >= 0.3 is 0 Å². The lowest BCUT2D eigenvalue weighted by atomic mass is 9.85. The van der Waals surface area contributed by atoms with Gasteiger partial charge in [-0.3, -0.25) is 0 Å². The first-order valence-corrected chi connectivity index (χ1v) is 11.0. The summed E-state index contributed by atoms with van der Waals surface area (Å²) in [6, 6.07) is 22.9. The van der Waals surface area contributed by atoms with Crippen LogP contribution in [0.15, 0.2) is 60.7 Å². The van der Waals surface area contributed by atoms with Crippen molar-refractivity contribution in [2.45, 2.75) is 39.8 Å². The topological polar surface area (TPSA) is 0 Å². The number of benzene rings is 4. The van der Waals surface area contributed by atoms with Crippen LogP contribution in [0.3, 0.4) is 0 Å². The van der Waals surface area contributed by atoms with Gasteiger partial charge in [0.25, 0.3) is 0 Å². The molecule has 1 nitrogen and oxygen atoms in total. The van der Waals surface area contributed by atoms with Crippen LogP contribution in [-0.2, 0) is 13.1 Å². The Labute approximate surface area is 173 Å². The van der Waals surface area contributed by atoms with Gasteiger partial charge in [0.15, 0.2) is 0 Å². The maximum atomic E-state index is 2.42. The molecule has 0 saturated carbocycles. The van der Waals surface area contributed by atoms with Crippen molar-refractivity contribution in [3.05, 3.63) is 82.9 Å². The van der Waals surface area contributed by atoms with Gasteiger partial charge in [-0.25, -0.2) is 0 Å². The largest absolute Gasteiger partial charge is 0.316 e. The van der Waals surface area contributed by atoms with Crippen LogP contribution in [0.5, 0.6) is 0 Å². The molecule has 0 amide bonds. The predicted molar refractivity (Wildman–Crippen MR) is 123 cm³/mol. The molecule has 29 heavy (non-hydrogen) atoms. The summed E-state index contributed by atoms with van der Waals surface area (Å²) in [5.41, 5.74) is 9.11. The van der Waals surface area contributed by atoms with E-state index in [-0.39, 0.29) is 0 Å². The molecule has 6 rings (SSSR count). The van der Waals surface area contributed by atoms with Gasteiger partial charge in [-0.1, -0.05) is 60.7 Å². The van der Waals surface area contributed by atoms with Crippen molar-refractivity contribution >= 4 is 21.5 Å². The smallest absolute Gasteiger partial charge is 0.106 e. The van der Waals surface area contributed by atoms with Gasteiger partial charge in [0.2, 0.25) is 0 Å². The molecule has 144 valence electrons. The van der Waals surface area contributed by atoms with Crippen LogP contribution in [-0.4, -0.2) is 17.6 Å². The molecule has 1 fully saturated rings. The van der Waals surface area contributed by atoms with Crippen LogP contribution in [0.2, 0.25) is 0 Å². The average Bonchev–Trinajstić information content (AvgIpc) is 3.11. The highest BCUT2D eigenvalue weighted by molar-refractivity contribution is 6.08. The zero-order valence-electron chi connectivity index (χ0n) is 17.5. The van der Waals surface area contributed by atoms with E-state index >= 15 is 0 Å². The molecule has 2 aliphatic rings. The van der Waals surface area contributed by atoms with Crippen LogP contribution >= 0.6 is 0 Å². The van der Waals surface area contributed by atoms with Crippen molar-refractivity contribution in [1.29, 1.82) is 0 Å². The van der Waals surface area contributed by atoms with E-state index in [1.54, 1.807) is 11.1 Å². The molecule has 2 aliphatic heterocycles. The van der Waals surface area contributed by atoms with Crippen LogP contribution < -0.4 is 0 Å². The summed E-state index contributed by atoms with van der Waals surface area (Å²) in [5.74, 6) is 0. The molecule has 1 heteroatoms. The minimum Gasteiger partial charge on any atom is -0.316 e. The van der Waals surface area contributed by atoms with Gasteiger partial charge in [-0.05, 0) is 57.6 Å². The lowest BCUT2D eigenvalue weighted by molar-refractivity contribution is -0.942. The second kappa shape index (κ2) is 6.18. The summed E-state index contributed by atoms with van der Waals surface area (Å²) in [6.07, 6.45) is 2.73. The molecule has 4 aromatic carbocycles. The van der Waals surface area contributed by atoms with Gasteiger partial charge < -0.3 is 4.48 Å². The number of nitrogens with zero attached hydrogens (tertiary/aromatic N) is 1. The first-order valence-electron chi connectivity index (χ1n) is 11.0. The molecule has 1 spiro atoms. The summed E-state index contributed by atoms with van der Waals surface area (Å²) in [5, 5.41) is 5.58. The minimum absolute atomic E-state index is 1.18. The first-order chi connectivity index (χ1) is 14.2. The highest BCUT2D eigenvalue weighted by Crippen LogP contribution is 2.46. The lowest BCUT2D eigenvalue weighted by Crippen LogP contribution is -2.43. The van der Waals surface area contributed by atoms with Crippen LogP contribution in [0.4, 0.5) is 0 Å². The van der Waals surface area contributed by atoms with Crippen molar-refractivity contribution in [2.75, 3.05) is 13.1 Å². The Morgan fingerprint density at radius 3 is 1.55 bits per heavy atom. The third kappa shape index (κ3) is 2.50. The van der Waals surface area contributed by atoms with Crippen molar-refractivity contribution in [1.82, 2.24) is 0 Å². The van der Waals surface area contributed by atoms with Crippen molar-refractivity contribution in [3.8, 4) is 11.1 Å². The summed E-state index contributed by atoms with van der Waals surface area (Å²) in [4.78, 5) is 0. The normalized spacial score (nSPS) is 17.4. The zero-order chi connectivity index (χ0) is 19.6. The van der Waals surface area contributed by atoms with Gasteiger partial charge in [0.1, 0.15) is 13.1 Å². The second-order valence-electron chi connectivity index (χ2n) is 9.35. The van der Waals surface area contributed by atoms with Crippen LogP contribution in [0, 0.1) is 13.8 Å². The minimum atomic E-state index is 1.18. The summed E-state index contributed by atoms with van der Waals surface area (Å²) >= 11 is 0. The fraction of sp³-hybridized carbons (Fsp3) is 0.286. The fourth-order valence-corrected chi connectivity index (χ4v) is 6.09. The lowest BCUT2D eigenvalue weighted by Gasteiger charge is -2.34. The van der Waals surface area contributed by atoms with Crippen LogP contribution in [0.1, 0.15) is 35.1 Å². The fourth-order valence-electron chi connectivity index (χ4n) is 6.09. The van der Waals surface area contributed by atoms with E-state index in [1.165, 1.54) is 87.3 Å². The maximum absolute atomic E-state index is 2.42. The number of rotatable bonds is 0. The average molecular weight is 379 g/mol. The molecule has 0 radical (unpaired) electrons. The van der Waals surface area contributed by atoms with E-state index in [9.17, 15) is 0 Å². The third-order valence-electron chi connectivity index (χ3n) is 7.51. The Morgan fingerprint density at radius 2 is 1.07 bits per heavy atom. The Bertz CT molecular complexity index is 1180.